The van der Waals surface area contributed by atoms with Crippen LogP contribution in [0.1, 0.15) is 105 Å². The third kappa shape index (κ3) is 11.0. The Morgan fingerprint density at radius 3 is 1.65 bits per heavy atom. The summed E-state index contributed by atoms with van der Waals surface area (Å²) in [4.78, 5) is 46.7. The summed E-state index contributed by atoms with van der Waals surface area (Å²) in [6.07, 6.45) is -21.3. The molecule has 0 fully saturated rings. The van der Waals surface area contributed by atoms with Crippen LogP contribution in [-0.4, -0.2) is 89.0 Å². The van der Waals surface area contributed by atoms with E-state index >= 15 is 0 Å². The number of thiazole rings is 1. The fourth-order valence-electron chi connectivity index (χ4n) is 7.05. The molecular formula is C43H36F18N4O6S. The van der Waals surface area contributed by atoms with E-state index in [1.54, 1.807) is 0 Å². The molecule has 0 unspecified atom stereocenters. The third-order valence-electron chi connectivity index (χ3n) is 11.0. The molecular weight excluding hydrogens is 1040 g/mol. The molecule has 0 bridgehead atoms. The summed E-state index contributed by atoms with van der Waals surface area (Å²) in [5, 5.41) is 6.61. The van der Waals surface area contributed by atoms with Crippen LogP contribution in [0.25, 0.3) is 11.1 Å². The van der Waals surface area contributed by atoms with Crippen molar-refractivity contribution >= 4 is 29.3 Å². The Bertz CT molecular complexity index is 2560. The lowest BCUT2D eigenvalue weighted by molar-refractivity contribution is -0.396. The summed E-state index contributed by atoms with van der Waals surface area (Å²) in [5.74, 6) is -43.5. The second-order valence-electron chi connectivity index (χ2n) is 16.2. The molecule has 0 saturated heterocycles. The van der Waals surface area contributed by atoms with E-state index in [9.17, 15) is 93.4 Å². The van der Waals surface area contributed by atoms with Crippen LogP contribution < -0.4 is 10.6 Å². The van der Waals surface area contributed by atoms with Gasteiger partial charge in [-0.25, -0.2) is 19.6 Å². The number of benzene rings is 2. The van der Waals surface area contributed by atoms with E-state index < -0.39 is 127 Å². The first kappa shape index (κ1) is 56.9. The minimum absolute atomic E-state index is 0.0362. The van der Waals surface area contributed by atoms with Gasteiger partial charge in [0, 0.05) is 24.1 Å². The molecule has 2 aromatic heterocycles. The Morgan fingerprint density at radius 1 is 0.708 bits per heavy atom. The van der Waals surface area contributed by atoms with E-state index in [2.05, 4.69) is 27.2 Å². The minimum Gasteiger partial charge on any atom is -0.457 e. The molecule has 1 aliphatic rings. The van der Waals surface area contributed by atoms with Crippen molar-refractivity contribution in [2.24, 2.45) is 0 Å². The number of hydrogen-bond donors (Lipinski definition) is 2. The largest absolute Gasteiger partial charge is 0.460 e. The Morgan fingerprint density at radius 2 is 1.19 bits per heavy atom. The second-order valence-corrected chi connectivity index (χ2v) is 17.1. The van der Waals surface area contributed by atoms with Gasteiger partial charge in [0.15, 0.2) is 11.4 Å². The first-order valence-electron chi connectivity index (χ1n) is 20.5. The molecule has 2 heterocycles. The van der Waals surface area contributed by atoms with E-state index in [4.69, 9.17) is 13.9 Å². The lowest BCUT2D eigenvalue weighted by Crippen LogP contribution is -2.60. The molecule has 29 heteroatoms. The first-order valence-corrected chi connectivity index (χ1v) is 21.4. The maximum atomic E-state index is 14.5. The van der Waals surface area contributed by atoms with Gasteiger partial charge in [-0.15, -0.1) is 11.3 Å². The van der Waals surface area contributed by atoms with Crippen molar-refractivity contribution in [3.05, 3.63) is 105 Å². The quantitative estimate of drug-likeness (QED) is 0.0508. The highest BCUT2D eigenvalue weighted by Gasteiger charge is 2.82. The number of alkyl halides is 18. The highest BCUT2D eigenvalue weighted by Crippen LogP contribution is 2.56. The molecule has 1 aliphatic carbocycles. The van der Waals surface area contributed by atoms with Gasteiger partial charge in [0.2, 0.25) is 5.89 Å². The first-order chi connectivity index (χ1) is 32.9. The smallest absolute Gasteiger partial charge is 0.457 e. The van der Waals surface area contributed by atoms with Crippen LogP contribution in [0, 0.1) is 6.92 Å². The van der Waals surface area contributed by atoms with Gasteiger partial charge < -0.3 is 24.5 Å². The number of halogens is 18. The number of aryl methyl sites for hydroxylation is 3. The molecule has 72 heavy (non-hydrogen) atoms. The van der Waals surface area contributed by atoms with Crippen molar-refractivity contribution in [3.63, 3.8) is 0 Å². The summed E-state index contributed by atoms with van der Waals surface area (Å²) < 4.78 is 261. The lowest BCUT2D eigenvalue weighted by Gasteiger charge is -2.33. The molecule has 4 aromatic rings. The van der Waals surface area contributed by atoms with E-state index in [-0.39, 0.29) is 51.9 Å². The fraction of sp³-hybridized carbons (Fsp3) is 0.465. The number of rotatable bonds is 20. The van der Waals surface area contributed by atoms with Crippen LogP contribution in [0.2, 0.25) is 0 Å². The molecule has 0 aliphatic heterocycles. The fourth-order valence-corrected chi connectivity index (χ4v) is 7.84. The second kappa shape index (κ2) is 20.1. The average Bonchev–Trinajstić information content (AvgIpc) is 4.01. The maximum Gasteiger partial charge on any atom is 0.460 e. The third-order valence-corrected chi connectivity index (χ3v) is 12.1. The predicted octanol–water partition coefficient (Wildman–Crippen LogP) is 12.7. The van der Waals surface area contributed by atoms with E-state index in [1.165, 1.54) is 32.2 Å². The van der Waals surface area contributed by atoms with E-state index in [0.717, 1.165) is 47.7 Å². The molecule has 0 saturated carbocycles. The van der Waals surface area contributed by atoms with E-state index in [0.29, 0.717) is 5.01 Å². The van der Waals surface area contributed by atoms with Crippen molar-refractivity contribution in [2.45, 2.75) is 112 Å². The van der Waals surface area contributed by atoms with Crippen molar-refractivity contribution in [3.8, 4) is 11.1 Å². The van der Waals surface area contributed by atoms with Gasteiger partial charge in [-0.3, -0.25) is 4.79 Å². The molecule has 2 N–H and O–H groups in total. The summed E-state index contributed by atoms with van der Waals surface area (Å²) in [6, 6.07) is 4.06. The highest BCUT2D eigenvalue weighted by molar-refractivity contribution is 7.09. The van der Waals surface area contributed by atoms with Crippen molar-refractivity contribution < 1.29 is 107 Å². The summed E-state index contributed by atoms with van der Waals surface area (Å²) >= 11 is 1.02. The Labute approximate surface area is 398 Å². The van der Waals surface area contributed by atoms with Crippen LogP contribution in [0.4, 0.5) is 83.8 Å². The number of alkyl carbamates (subject to hydrolysis) is 1. The maximum absolute atomic E-state index is 14.5. The topological polar surface area (TPSA) is 133 Å². The van der Waals surface area contributed by atoms with Crippen molar-refractivity contribution in [1.29, 1.82) is 0 Å². The molecule has 0 radical (unpaired) electrons. The number of amides is 2. The number of hydrogen-bond acceptors (Lipinski definition) is 9. The van der Waals surface area contributed by atoms with Crippen LogP contribution >= 0.6 is 11.3 Å². The van der Waals surface area contributed by atoms with E-state index in [1.807, 2.05) is 0 Å². The van der Waals surface area contributed by atoms with Crippen molar-refractivity contribution in [1.82, 2.24) is 20.6 Å². The van der Waals surface area contributed by atoms with Crippen LogP contribution in [-0.2, 0) is 22.3 Å². The van der Waals surface area contributed by atoms with Gasteiger partial charge in [0.25, 0.3) is 5.91 Å². The van der Waals surface area contributed by atoms with Gasteiger partial charge in [0.05, 0.1) is 6.04 Å². The van der Waals surface area contributed by atoms with Gasteiger partial charge in [-0.1, -0.05) is 49.1 Å². The van der Waals surface area contributed by atoms with Crippen LogP contribution in [0.5, 0.6) is 0 Å². The average molecular weight is 1080 g/mol. The number of nitrogens with zero attached hydrogens (tertiary/aromatic N) is 2. The van der Waals surface area contributed by atoms with Gasteiger partial charge in [-0.2, -0.15) is 79.0 Å². The number of nitrogens with one attached hydrogen (secondary N) is 2. The highest BCUT2D eigenvalue weighted by atomic mass is 32.1. The summed E-state index contributed by atoms with van der Waals surface area (Å²) in [5.41, 5.74) is -1.10. The summed E-state index contributed by atoms with van der Waals surface area (Å²) in [7, 11) is 0. The SMILES string of the molecule is C=CCOC(=O)c1csc([C@@H](C)NC(=O)c2nc([C@H](C)NC(=O)OCC3c4cc(CCC(F)(F)C(F)(F)C(F)(F)C(F)(F)F)ccc4-c4ccc(CCC(F)(F)C(F)(F)C(F)(F)C(F)(F)F)cc43)oc2C)n1. The molecule has 0 spiro atoms. The number of fused-ring (bicyclic) bond motifs is 3. The standard InChI is InChI=1S/C43H36F18N4O6S/c1-5-14-69-34(67)29-18-72-33(64-29)20(3)62-31(66)30-21(4)71-32(65-30)19(2)63-35(68)70-17-28-26-15-22(10-12-36(44,45)38(48,49)40(52,53)42(56,57)58)6-8-24(26)25-9-7-23(16-27(25)28)11-13-37(46,47)39(50,51)41(54,55)43(59,60)61/h5-9,15-16,18-20,28H,1,10-14,17H2,2-4H3,(H,62,66)(H,63,68)/t19-,20+/m0/s1. The van der Waals surface area contributed by atoms with Gasteiger partial charge in [-0.05, 0) is 67.0 Å². The Balaban J connectivity index is 1.36. The normalized spacial score (nSPS) is 14.8. The lowest BCUT2D eigenvalue weighted by atomic mass is 9.92. The van der Waals surface area contributed by atoms with Crippen molar-refractivity contribution in [2.75, 3.05) is 13.2 Å². The number of aromatic nitrogens is 2. The molecule has 5 rings (SSSR count). The zero-order chi connectivity index (χ0) is 54.4. The molecule has 2 aromatic carbocycles. The zero-order valence-electron chi connectivity index (χ0n) is 36.9. The Kier molecular flexibility index (Phi) is 15.9. The molecule has 396 valence electrons. The predicted molar refractivity (Wildman–Crippen MR) is 215 cm³/mol. The van der Waals surface area contributed by atoms with Crippen LogP contribution in [0.3, 0.4) is 0 Å². The number of carbonyl (C=O) groups excluding carboxylic acids is 3. The van der Waals surface area contributed by atoms with Gasteiger partial charge in [0.1, 0.15) is 30.0 Å². The minimum atomic E-state index is -7.18. The molecule has 2 atom stereocenters. The number of carbonyl (C=O) groups is 3. The Hall–Kier alpha value is -6.03. The molecule has 2 amide bonds. The van der Waals surface area contributed by atoms with Crippen LogP contribution in [0.15, 0.2) is 58.9 Å². The number of ether oxygens (including phenoxy) is 2. The molecule has 10 nitrogen and oxygen atoms in total. The number of oxazole rings is 1. The monoisotopic (exact) mass is 1080 g/mol. The summed E-state index contributed by atoms with van der Waals surface area (Å²) in [6.45, 7) is 6.68. The zero-order valence-corrected chi connectivity index (χ0v) is 37.7. The number of esters is 1. The van der Waals surface area contributed by atoms with Gasteiger partial charge >= 0.3 is 60.0 Å².